The van der Waals surface area contributed by atoms with Crippen molar-refractivity contribution in [1.82, 2.24) is 34.2 Å². The molecule has 25 nitrogen and oxygen atoms in total. The minimum Gasteiger partial charge on any atom is -1.00 e. The molecule has 3 aliphatic rings. The van der Waals surface area contributed by atoms with Gasteiger partial charge >= 0.3 is 176 Å². The fourth-order valence-electron chi connectivity index (χ4n) is 12.5. The number of halogens is 18. The molecule has 0 unspecified atom stereocenters. The van der Waals surface area contributed by atoms with Crippen molar-refractivity contribution in [3.63, 3.8) is 0 Å². The molecule has 7 aromatic carbocycles. The number of carbonyl (C=O) groups excluding carboxylic acids is 12. The average Bonchev–Trinajstić information content (AvgIpc) is 1.64. The minimum absolute atomic E-state index is 0. The number of aliphatic carboxylic acids is 1. The molecule has 0 spiro atoms. The van der Waals surface area contributed by atoms with Crippen molar-refractivity contribution in [3.05, 3.63) is 247 Å². The number of aromatic nitrogens is 4. The van der Waals surface area contributed by atoms with Crippen molar-refractivity contribution < 1.29 is 213 Å². The van der Waals surface area contributed by atoms with Gasteiger partial charge < -0.3 is 60.4 Å². The number of esters is 2. The summed E-state index contributed by atoms with van der Waals surface area (Å²) in [5.74, 6) is -2.44. The number of nitrogens with zero attached hydrogens (tertiary/aromatic N) is 4. The second-order valence-electron chi connectivity index (χ2n) is 32.2. The van der Waals surface area contributed by atoms with Crippen LogP contribution in [-0.2, 0) is 96.7 Å². The van der Waals surface area contributed by atoms with Crippen molar-refractivity contribution in [3.8, 4) is 0 Å². The van der Waals surface area contributed by atoms with Crippen molar-refractivity contribution in [1.29, 1.82) is 0 Å². The number of fused-ring (bicyclic) bond motifs is 5. The van der Waals surface area contributed by atoms with Crippen LogP contribution < -0.4 is 119 Å². The van der Waals surface area contributed by atoms with Crippen LogP contribution >= 0.6 is 166 Å². The summed E-state index contributed by atoms with van der Waals surface area (Å²) in [4.78, 5) is 151. The van der Waals surface area contributed by atoms with Crippen LogP contribution in [0.2, 0.25) is 10.0 Å². The number of hydrogen-bond donors (Lipinski definition) is 4. The molecule has 0 bridgehead atoms. The van der Waals surface area contributed by atoms with E-state index in [1.807, 2.05) is 114 Å². The number of H-pyrrole nitrogens is 1. The zero-order valence-corrected chi connectivity index (χ0v) is 102. The van der Waals surface area contributed by atoms with E-state index in [0.717, 1.165) is 98.7 Å². The van der Waals surface area contributed by atoms with E-state index in [4.69, 9.17) is 88.3 Å². The summed E-state index contributed by atoms with van der Waals surface area (Å²) >= 11 is 32.8. The molecule has 3 aliphatic carbocycles. The van der Waals surface area contributed by atoms with Gasteiger partial charge in [0.15, 0.2) is 23.1 Å². The van der Waals surface area contributed by atoms with Gasteiger partial charge in [0.25, 0.3) is 6.47 Å². The Morgan fingerprint density at radius 2 is 0.944 bits per heavy atom. The Balaban J connectivity index is 0.00000164. The van der Waals surface area contributed by atoms with Gasteiger partial charge in [-0.15, -0.1) is 0 Å². The third-order valence-corrected chi connectivity index (χ3v) is 22.1. The first-order valence-corrected chi connectivity index (χ1v) is 62.1. The first-order chi connectivity index (χ1) is 64.8. The second kappa shape index (κ2) is 66.1. The molecule has 11 aromatic rings. The van der Waals surface area contributed by atoms with Crippen LogP contribution in [0, 0.1) is 17.6 Å². The predicted octanol–water partition coefficient (Wildman–Crippen LogP) is 19.6. The molecule has 0 atom stereocenters. The number of carboxylic acid groups (broad SMARTS) is 1. The van der Waals surface area contributed by atoms with E-state index in [1.165, 1.54) is 68.3 Å². The number of rotatable bonds is 22. The first-order valence-electron chi connectivity index (χ1n) is 41.5. The summed E-state index contributed by atoms with van der Waals surface area (Å²) in [5, 5.41) is 26.0. The van der Waals surface area contributed by atoms with E-state index < -0.39 is 49.5 Å². The van der Waals surface area contributed by atoms with Crippen LogP contribution in [-0.4, -0.2) is 155 Å². The van der Waals surface area contributed by atoms with Gasteiger partial charge in [-0.2, -0.15) is 13.2 Å². The van der Waals surface area contributed by atoms with Crippen molar-refractivity contribution >= 4 is 306 Å². The quantitative estimate of drug-likeness (QED) is 0.00563. The van der Waals surface area contributed by atoms with Crippen molar-refractivity contribution in [2.75, 3.05) is 11.9 Å². The zero-order valence-electron chi connectivity index (χ0n) is 79.3. The Morgan fingerprint density at radius 3 is 1.31 bits per heavy atom. The van der Waals surface area contributed by atoms with Crippen LogP contribution in [0.25, 0.3) is 49.7 Å². The van der Waals surface area contributed by atoms with Crippen molar-refractivity contribution in [2.45, 2.75) is 185 Å². The van der Waals surface area contributed by atoms with E-state index in [0.29, 0.717) is 28.7 Å². The summed E-state index contributed by atoms with van der Waals surface area (Å²) in [6.45, 7) is 18.2. The van der Waals surface area contributed by atoms with E-state index in [-0.39, 0.29) is 248 Å². The SMILES string of the molecule is Brc1ccc2c(c1)CC=C2.C.CC(=O)Cl.CC(=O)c1c[nH]c2cc(Br)ccc12.CC(=O)c1cn(CC(=O)N(CC(=O)NCc2cccc(Cl)c2F)C2CC2)c2cc(Br)ccc12.CC(=O)c1cn(CC(=O)O)c2cc(Br)ccc12.CC(=O)c1cn(CC(=O)OC(C)(C)C)c2cc(Br)ccc12.CC(C)(C)OC(=O)CBr.O=C(CCC1CC1)NCc1cccc(Cl)c1F.O=CC(F)(F)F.O=CO[O-].[Cl][Sn]([Cl])([Cl])[Cl].[H-].[K+].[K+]. The number of carboxylic acids is 1. The molecule has 46 heteroatoms. The van der Waals surface area contributed by atoms with Crippen LogP contribution in [0.1, 0.15) is 187 Å². The summed E-state index contributed by atoms with van der Waals surface area (Å²) in [6, 6.07) is 38.3. The van der Waals surface area contributed by atoms with Gasteiger partial charge in [-0.05, 0) is 196 Å². The smallest absolute Gasteiger partial charge is 1.00 e. The van der Waals surface area contributed by atoms with Gasteiger partial charge in [0, 0.05) is 140 Å². The molecule has 4 aromatic heterocycles. The van der Waals surface area contributed by atoms with Crippen LogP contribution in [0.4, 0.5) is 22.0 Å². The number of ether oxygens (including phenoxy) is 2. The summed E-state index contributed by atoms with van der Waals surface area (Å²) in [5.41, 5.74) is 8.40. The number of ketones is 4. The molecular formula is C96H101Br6Cl7F5K2N7O18Sn. The van der Waals surface area contributed by atoms with Gasteiger partial charge in [-0.3, -0.25) is 62.3 Å². The van der Waals surface area contributed by atoms with E-state index in [9.17, 15) is 74.7 Å². The van der Waals surface area contributed by atoms with Crippen LogP contribution in [0.3, 0.4) is 0 Å². The molecule has 14 rings (SSSR count). The molecule has 0 aliphatic heterocycles. The standard InChI is InChI=1S/C24H22BrClFN3O3.C16H18BrNO3.C13H15ClFNO.C12H10BrNO3.C10H8BrNO.C9H7Br.C6H11BrO2.C2H3ClO.C2HF3O.CH2O3.CH4.4ClH.2K.Sn.H/c1-14(31)19-11-29(21-9-16(25)5-8-18(19)21)13-23(33)30(17-6-7-17)12-22(32)28-10-15-3-2-4-20(26)24(15)27;1-10(19)13-8-18(9-15(20)21-16(2,3)4)14-7-11(17)5-6-12(13)14;14-11-3-1-2-10(13(11)15)8-16-12(17)7-6-9-4-5-9;1-7(15)10-5-14(6-12(16)17)11-4-8(13)2-3-9(10)11;1-6(13)9-5-12-10-4-7(11)2-3-8(9)10;10-9-5-4-7-2-1-3-8(7)6-9;1-6(2,3)9-5(8)4-7;1-2(3)4;3-2(4,5)1-6;2-1-4-3;;;;;;;;;/h2-5,8-9,11,17H,6-7,10,12-13H2,1H3,(H,28,32);5-8H,9H2,1-4H3;1-3,9H,4-8H2,(H,16,17);2-5H,6H2,1H3,(H,16,17);2-5,12H,1H3;1-2,4-6H,3H2;4H2,1-3H3;1H3;1H;1,3H;1H4;4*1H;;;;/q;;;;;;;;;;;;;;;2*+1;+4;-1/p-5. The fraction of sp³-hybridized carbons (Fsp3) is 0.323. The first kappa shape index (κ1) is 135. The number of benzene rings is 7. The predicted molar refractivity (Wildman–Crippen MR) is 561 cm³/mol. The normalized spacial score (nSPS) is 11.7. The zero-order chi connectivity index (χ0) is 105. The Hall–Kier alpha value is -4.66. The number of aromatic amines is 1. The molecule has 142 heavy (non-hydrogen) atoms. The van der Waals surface area contributed by atoms with Crippen LogP contribution in [0.15, 0.2) is 181 Å². The summed E-state index contributed by atoms with van der Waals surface area (Å²) in [7, 11) is 20.1. The molecule has 4 N–H and O–H groups in total. The van der Waals surface area contributed by atoms with Gasteiger partial charge in [0.2, 0.25) is 29.3 Å². The van der Waals surface area contributed by atoms with E-state index in [1.54, 1.807) is 74.6 Å². The minimum atomic E-state index is -4.64. The van der Waals surface area contributed by atoms with E-state index >= 15 is 0 Å². The van der Waals surface area contributed by atoms with Gasteiger partial charge in [-0.1, -0.05) is 206 Å². The van der Waals surface area contributed by atoms with Gasteiger partial charge in [0.1, 0.15) is 47.8 Å². The largest absolute Gasteiger partial charge is 1.00 e. The van der Waals surface area contributed by atoms with E-state index in [2.05, 4.69) is 158 Å². The molecule has 2 fully saturated rings. The average molecular weight is 2660 g/mol. The fourth-order valence-corrected chi connectivity index (χ4v) is 14.8. The van der Waals surface area contributed by atoms with Crippen molar-refractivity contribution in [2.24, 2.45) is 5.92 Å². The molecule has 0 radical (unpaired) electrons. The third kappa shape index (κ3) is 52.2. The Labute approximate surface area is 989 Å². The maximum atomic E-state index is 14.1. The number of aldehydes is 1. The number of alkyl halides is 4. The molecule has 2 saturated carbocycles. The number of allylic oxidation sites excluding steroid dienone is 1. The topological polar surface area (TPSA) is 351 Å². The number of hydrogen-bond acceptors (Lipinski definition) is 17. The van der Waals surface area contributed by atoms with Crippen LogP contribution in [0.5, 0.6) is 0 Å². The number of Topliss-reactive ketones (excluding diaryl/α,β-unsaturated/α-hetero) is 4. The molecule has 3 amide bonds. The third-order valence-electron chi connectivity index (χ3n) is 18.6. The molecule has 4 heterocycles. The summed E-state index contributed by atoms with van der Waals surface area (Å²) in [6.07, 6.45) is 12.1. The number of carbonyl (C=O) groups is 13. The monoisotopic (exact) mass is 2650 g/mol. The van der Waals surface area contributed by atoms with Gasteiger partial charge in [-0.25, -0.2) is 8.78 Å². The second-order valence-corrected chi connectivity index (χ2v) is 64.2. The summed E-state index contributed by atoms with van der Waals surface area (Å²) < 4.78 is 78.9. The Morgan fingerprint density at radius 1 is 0.570 bits per heavy atom. The van der Waals surface area contributed by atoms with Gasteiger partial charge in [0.05, 0.1) is 33.1 Å². The molecule has 760 valence electrons. The maximum Gasteiger partial charge on any atom is 1.00 e. The molecule has 0 saturated heterocycles. The number of amides is 3. The number of nitrogens with one attached hydrogen (secondary N) is 3. The molecular weight excluding hydrogens is 2560 g/mol. The Bertz CT molecular complexity index is 6230. The maximum absolute atomic E-state index is 14.1. The Kier molecular flexibility index (Phi) is 63.0.